The van der Waals surface area contributed by atoms with Crippen molar-refractivity contribution in [1.29, 1.82) is 5.26 Å². The first kappa shape index (κ1) is 22.2. The quantitative estimate of drug-likeness (QED) is 0.272. The summed E-state index contributed by atoms with van der Waals surface area (Å²) in [5, 5.41) is 12.5. The smallest absolute Gasteiger partial charge is 0.340 e. The van der Waals surface area contributed by atoms with Crippen LogP contribution >= 0.6 is 18.9 Å². The van der Waals surface area contributed by atoms with E-state index < -0.39 is 23.9 Å². The van der Waals surface area contributed by atoms with Crippen molar-refractivity contribution in [3.8, 4) is 11.8 Å². The van der Waals surface area contributed by atoms with E-state index >= 15 is 0 Å². The lowest BCUT2D eigenvalue weighted by atomic mass is 10.2. The zero-order valence-electron chi connectivity index (χ0n) is 15.3. The summed E-state index contributed by atoms with van der Waals surface area (Å²) in [5.74, 6) is 0.548. The Morgan fingerprint density at radius 1 is 1.23 bits per heavy atom. The van der Waals surface area contributed by atoms with Crippen LogP contribution in [0.1, 0.15) is 5.69 Å². The molecule has 0 aliphatic heterocycles. The molecule has 2 aromatic heterocycles. The Kier molecular flexibility index (Phi) is 6.72. The monoisotopic (exact) mass is 468 g/mol. The van der Waals surface area contributed by atoms with Gasteiger partial charge >= 0.3 is 7.60 Å². The Labute approximate surface area is 176 Å². The SMILES string of the molecule is N#Cc1ccc(NCCOc2ccc3sc(S(=O)(=O)NCP(=O)(O)O)cc3c2)cn1. The second-order valence-corrected chi connectivity index (χ2v) is 10.8. The van der Waals surface area contributed by atoms with Gasteiger partial charge < -0.3 is 19.8 Å². The molecule has 10 nitrogen and oxygen atoms in total. The van der Waals surface area contributed by atoms with Crippen molar-refractivity contribution in [2.45, 2.75) is 4.21 Å². The minimum absolute atomic E-state index is 0.0434. The third-order valence-corrected chi connectivity index (χ3v) is 7.54. The van der Waals surface area contributed by atoms with Crippen LogP contribution < -0.4 is 14.8 Å². The highest BCUT2D eigenvalue weighted by molar-refractivity contribution is 7.92. The van der Waals surface area contributed by atoms with Crippen molar-refractivity contribution in [3.05, 3.63) is 48.3 Å². The predicted octanol–water partition coefficient (Wildman–Crippen LogP) is 2.07. The molecule has 0 aliphatic rings. The molecule has 4 N–H and O–H groups in total. The fraction of sp³-hybridized carbons (Fsp3) is 0.176. The first-order valence-corrected chi connectivity index (χ1v) is 12.6. The van der Waals surface area contributed by atoms with Gasteiger partial charge in [-0.3, -0.25) is 4.57 Å². The zero-order chi connectivity index (χ0) is 21.8. The molecule has 0 aliphatic carbocycles. The van der Waals surface area contributed by atoms with Gasteiger partial charge in [0.25, 0.3) is 10.0 Å². The van der Waals surface area contributed by atoms with Crippen LogP contribution in [0.15, 0.2) is 46.8 Å². The molecule has 30 heavy (non-hydrogen) atoms. The first-order chi connectivity index (χ1) is 14.2. The van der Waals surface area contributed by atoms with E-state index in [1.54, 1.807) is 36.5 Å². The van der Waals surface area contributed by atoms with Gasteiger partial charge in [0.15, 0.2) is 0 Å². The average molecular weight is 468 g/mol. The van der Waals surface area contributed by atoms with Crippen LogP contribution in [0, 0.1) is 11.3 Å². The molecule has 158 valence electrons. The lowest BCUT2D eigenvalue weighted by Crippen LogP contribution is -2.23. The van der Waals surface area contributed by atoms with Crippen molar-refractivity contribution in [2.75, 3.05) is 24.8 Å². The molecule has 0 saturated heterocycles. The molecule has 3 aromatic rings. The average Bonchev–Trinajstić information content (AvgIpc) is 3.14. The Bertz CT molecular complexity index is 1230. The number of thiophene rings is 1. The molecule has 0 fully saturated rings. The van der Waals surface area contributed by atoms with E-state index in [1.165, 1.54) is 6.07 Å². The van der Waals surface area contributed by atoms with Crippen molar-refractivity contribution >= 4 is 44.7 Å². The third kappa shape index (κ3) is 5.99. The van der Waals surface area contributed by atoms with Gasteiger partial charge in [0.05, 0.1) is 11.9 Å². The largest absolute Gasteiger partial charge is 0.492 e. The maximum absolute atomic E-state index is 12.2. The van der Waals surface area contributed by atoms with E-state index in [0.717, 1.165) is 17.0 Å². The maximum Gasteiger partial charge on any atom is 0.340 e. The van der Waals surface area contributed by atoms with Crippen molar-refractivity contribution in [2.24, 2.45) is 0 Å². The summed E-state index contributed by atoms with van der Waals surface area (Å²) >= 11 is 0.991. The number of benzene rings is 1. The molecule has 0 spiro atoms. The molecule has 0 bridgehead atoms. The fourth-order valence-electron chi connectivity index (χ4n) is 2.39. The molecule has 0 radical (unpaired) electrons. The van der Waals surface area contributed by atoms with Gasteiger partial charge in [-0.15, -0.1) is 11.3 Å². The van der Waals surface area contributed by atoms with Crippen molar-refractivity contribution < 1.29 is 27.5 Å². The molecule has 0 unspecified atom stereocenters. The van der Waals surface area contributed by atoms with E-state index in [2.05, 4.69) is 10.3 Å². The summed E-state index contributed by atoms with van der Waals surface area (Å²) in [6.45, 7) is 0.825. The lowest BCUT2D eigenvalue weighted by Gasteiger charge is -2.08. The Morgan fingerprint density at radius 2 is 2.03 bits per heavy atom. The molecule has 2 heterocycles. The molecular weight excluding hydrogens is 451 g/mol. The number of anilines is 1. The summed E-state index contributed by atoms with van der Waals surface area (Å²) in [4.78, 5) is 21.7. The molecular formula is C17H17N4O6PS2. The van der Waals surface area contributed by atoms with E-state index in [9.17, 15) is 13.0 Å². The molecule has 13 heteroatoms. The first-order valence-electron chi connectivity index (χ1n) is 8.47. The van der Waals surface area contributed by atoms with Crippen LogP contribution in [0.3, 0.4) is 0 Å². The predicted molar refractivity (Wildman–Crippen MR) is 112 cm³/mol. The summed E-state index contributed by atoms with van der Waals surface area (Å²) in [7, 11) is -8.52. The fourth-order valence-corrected chi connectivity index (χ4v) is 5.82. The number of ether oxygens (including phenoxy) is 1. The van der Waals surface area contributed by atoms with Gasteiger partial charge in [0.2, 0.25) is 0 Å². The summed E-state index contributed by atoms with van der Waals surface area (Å²) < 4.78 is 43.6. The Balaban J connectivity index is 1.60. The maximum atomic E-state index is 12.2. The van der Waals surface area contributed by atoms with Gasteiger partial charge in [0.1, 0.15) is 34.6 Å². The highest BCUT2D eigenvalue weighted by Gasteiger charge is 2.22. The molecule has 0 amide bonds. The van der Waals surface area contributed by atoms with E-state index in [1.807, 2.05) is 10.8 Å². The van der Waals surface area contributed by atoms with Crippen molar-refractivity contribution in [1.82, 2.24) is 9.71 Å². The van der Waals surface area contributed by atoms with Crippen LogP contribution in [-0.4, -0.2) is 42.6 Å². The van der Waals surface area contributed by atoms with Crippen LogP contribution in [0.5, 0.6) is 5.75 Å². The summed E-state index contributed by atoms with van der Waals surface area (Å²) in [6, 6.07) is 11.8. The van der Waals surface area contributed by atoms with Gasteiger partial charge in [-0.1, -0.05) is 0 Å². The number of hydrogen-bond acceptors (Lipinski definition) is 8. The lowest BCUT2D eigenvalue weighted by molar-refractivity contribution is 0.333. The minimum Gasteiger partial charge on any atom is -0.492 e. The Morgan fingerprint density at radius 3 is 2.70 bits per heavy atom. The van der Waals surface area contributed by atoms with Gasteiger partial charge in [-0.05, 0) is 41.8 Å². The second-order valence-electron chi connectivity index (χ2n) is 6.05. The molecule has 1 aromatic carbocycles. The third-order valence-electron chi connectivity index (χ3n) is 3.77. The number of hydrogen-bond donors (Lipinski definition) is 4. The minimum atomic E-state index is -4.50. The number of pyridine rings is 1. The number of rotatable bonds is 9. The number of sulfonamides is 1. The van der Waals surface area contributed by atoms with Crippen molar-refractivity contribution in [3.63, 3.8) is 0 Å². The van der Waals surface area contributed by atoms with Crippen LogP contribution in [-0.2, 0) is 14.6 Å². The molecule has 0 atom stereocenters. The number of nitrogens with one attached hydrogen (secondary N) is 2. The normalized spacial score (nSPS) is 11.9. The standard InChI is InChI=1S/C17H17N4O6PS2/c18-9-13-1-2-14(10-20-13)19-5-6-27-15-3-4-16-12(7-15)8-17(29-16)30(25,26)21-11-28(22,23)24/h1-4,7-8,10,19,21H,5-6,11H2,(H2,22,23,24). The van der Waals surface area contributed by atoms with E-state index in [-0.39, 0.29) is 4.21 Å². The highest BCUT2D eigenvalue weighted by atomic mass is 32.2. The van der Waals surface area contributed by atoms with Gasteiger partial charge in [-0.25, -0.2) is 13.4 Å². The van der Waals surface area contributed by atoms with Crippen LogP contribution in [0.4, 0.5) is 5.69 Å². The topological polar surface area (TPSA) is 162 Å². The number of fused-ring (bicyclic) bond motifs is 1. The van der Waals surface area contributed by atoms with Crippen LogP contribution in [0.2, 0.25) is 0 Å². The van der Waals surface area contributed by atoms with Gasteiger partial charge in [-0.2, -0.15) is 9.98 Å². The van der Waals surface area contributed by atoms with E-state index in [0.29, 0.717) is 34.7 Å². The summed E-state index contributed by atoms with van der Waals surface area (Å²) in [5.41, 5.74) is 1.09. The van der Waals surface area contributed by atoms with E-state index in [4.69, 9.17) is 19.8 Å². The number of aromatic nitrogens is 1. The zero-order valence-corrected chi connectivity index (χ0v) is 17.9. The number of nitrogens with zero attached hydrogens (tertiary/aromatic N) is 2. The second kappa shape index (κ2) is 9.09. The van der Waals surface area contributed by atoms with Gasteiger partial charge in [0, 0.05) is 11.2 Å². The van der Waals surface area contributed by atoms with Crippen LogP contribution in [0.25, 0.3) is 10.1 Å². The number of nitriles is 1. The summed E-state index contributed by atoms with van der Waals surface area (Å²) in [6.07, 6.45) is 0.595. The Hall–Kier alpha value is -2.52. The highest BCUT2D eigenvalue weighted by Crippen LogP contribution is 2.35. The molecule has 0 saturated carbocycles. The molecule has 3 rings (SSSR count).